The first-order valence-corrected chi connectivity index (χ1v) is 9.08. The second-order valence-electron chi connectivity index (χ2n) is 4.62. The normalized spacial score (nSPS) is 12.9. The van der Waals surface area contributed by atoms with Gasteiger partial charge in [0.2, 0.25) is 0 Å². The number of nitrogens with two attached hydrogens (primary N) is 1. The number of carbonyl (C=O) groups is 1. The van der Waals surface area contributed by atoms with Crippen LogP contribution in [0.2, 0.25) is 0 Å². The van der Waals surface area contributed by atoms with Crippen molar-refractivity contribution in [1.82, 2.24) is 10.3 Å². The first-order chi connectivity index (χ1) is 9.73. The van der Waals surface area contributed by atoms with E-state index < -0.39 is 21.8 Å². The van der Waals surface area contributed by atoms with Gasteiger partial charge in [-0.15, -0.1) is 0 Å². The van der Waals surface area contributed by atoms with Gasteiger partial charge in [-0.1, -0.05) is 11.3 Å². The van der Waals surface area contributed by atoms with E-state index in [0.717, 1.165) is 17.6 Å². The molecule has 1 unspecified atom stereocenters. The predicted octanol–water partition coefficient (Wildman–Crippen LogP) is -0.0535. The summed E-state index contributed by atoms with van der Waals surface area (Å²) in [6.07, 6.45) is 1.12. The van der Waals surface area contributed by atoms with Crippen LogP contribution in [0.1, 0.15) is 16.6 Å². The molecule has 1 aromatic heterocycles. The van der Waals surface area contributed by atoms with Crippen LogP contribution in [0.15, 0.2) is 0 Å². The molecule has 0 saturated heterocycles. The number of carbonyl (C=O) groups excluding carboxylic acids is 1. The second-order valence-corrected chi connectivity index (χ2v) is 7.80. The average Bonchev–Trinajstić information content (AvgIpc) is 2.68. The Hall–Kier alpha value is -1.39. The first kappa shape index (κ1) is 17.7. The quantitative estimate of drug-likeness (QED) is 0.568. The summed E-state index contributed by atoms with van der Waals surface area (Å²) in [5, 5.41) is 6.09. The number of ether oxygens (including phenoxy) is 1. The minimum atomic E-state index is -3.16. The topological polar surface area (TPSA) is 123 Å². The summed E-state index contributed by atoms with van der Waals surface area (Å²) >= 11 is 1.11. The van der Waals surface area contributed by atoms with Crippen LogP contribution in [0.5, 0.6) is 0 Å². The zero-order valence-corrected chi connectivity index (χ0v) is 13.8. The fraction of sp³-hybridized carbons (Fsp3) is 0.636. The number of aromatic nitrogens is 1. The van der Waals surface area contributed by atoms with E-state index in [-0.39, 0.29) is 16.4 Å². The highest BCUT2D eigenvalue weighted by Crippen LogP contribution is 2.24. The maximum Gasteiger partial charge on any atom is 0.265 e. The summed E-state index contributed by atoms with van der Waals surface area (Å²) in [6, 6.07) is -0.501. The Labute approximate surface area is 128 Å². The third-order valence-corrected chi connectivity index (χ3v) is 4.51. The van der Waals surface area contributed by atoms with Gasteiger partial charge in [0.25, 0.3) is 5.91 Å². The number of methoxy groups -OCH3 is 1. The molecule has 120 valence electrons. The van der Waals surface area contributed by atoms with Gasteiger partial charge in [0.1, 0.15) is 20.5 Å². The number of hydrogen-bond acceptors (Lipinski definition) is 8. The second kappa shape index (κ2) is 7.57. The van der Waals surface area contributed by atoms with E-state index in [1.807, 2.05) is 0 Å². The first-order valence-electron chi connectivity index (χ1n) is 6.20. The van der Waals surface area contributed by atoms with Crippen molar-refractivity contribution in [3.8, 4) is 0 Å². The molecule has 1 rings (SSSR count). The van der Waals surface area contributed by atoms with Gasteiger partial charge in [-0.2, -0.15) is 0 Å². The molecule has 0 aliphatic heterocycles. The van der Waals surface area contributed by atoms with Crippen molar-refractivity contribution in [3.05, 3.63) is 4.88 Å². The zero-order chi connectivity index (χ0) is 16.0. The molecule has 0 aliphatic carbocycles. The van der Waals surface area contributed by atoms with Crippen LogP contribution in [-0.2, 0) is 14.6 Å². The highest BCUT2D eigenvalue weighted by Gasteiger charge is 2.19. The van der Waals surface area contributed by atoms with Crippen molar-refractivity contribution in [3.63, 3.8) is 0 Å². The number of rotatable bonds is 8. The Bertz CT molecular complexity index is 585. The van der Waals surface area contributed by atoms with Crippen LogP contribution in [0.4, 0.5) is 10.9 Å². The number of thiazole rings is 1. The van der Waals surface area contributed by atoms with E-state index in [1.54, 1.807) is 14.0 Å². The number of anilines is 2. The van der Waals surface area contributed by atoms with Crippen molar-refractivity contribution in [2.75, 3.05) is 43.3 Å². The molecule has 0 aliphatic rings. The molecule has 21 heavy (non-hydrogen) atoms. The van der Waals surface area contributed by atoms with Crippen LogP contribution in [-0.4, -0.2) is 57.6 Å². The maximum atomic E-state index is 12.0. The van der Waals surface area contributed by atoms with Crippen LogP contribution in [0, 0.1) is 0 Å². The standard InChI is InChI=1S/C11H20N4O4S2/c1-7(6-21(3,17)18)14-10(16)8-9(12)15-11(20-8)13-4-5-19-2/h7H,4-6,12H2,1-3H3,(H,13,15)(H,14,16). The fourth-order valence-electron chi connectivity index (χ4n) is 1.62. The average molecular weight is 336 g/mol. The molecule has 0 aromatic carbocycles. The Balaban J connectivity index is 2.65. The summed E-state index contributed by atoms with van der Waals surface area (Å²) in [5.41, 5.74) is 5.70. The Kier molecular flexibility index (Phi) is 6.37. The number of nitrogen functional groups attached to an aromatic ring is 1. The molecule has 10 heteroatoms. The molecule has 0 fully saturated rings. The minimum absolute atomic E-state index is 0.115. The van der Waals surface area contributed by atoms with Crippen LogP contribution >= 0.6 is 11.3 Å². The summed E-state index contributed by atoms with van der Waals surface area (Å²) in [6.45, 7) is 2.68. The lowest BCUT2D eigenvalue weighted by molar-refractivity contribution is 0.0948. The van der Waals surface area contributed by atoms with E-state index in [9.17, 15) is 13.2 Å². The molecule has 4 N–H and O–H groups in total. The fourth-order valence-corrected chi connectivity index (χ4v) is 3.42. The van der Waals surface area contributed by atoms with E-state index in [4.69, 9.17) is 10.5 Å². The number of hydrogen-bond donors (Lipinski definition) is 3. The Morgan fingerprint density at radius 1 is 1.52 bits per heavy atom. The number of nitrogens with one attached hydrogen (secondary N) is 2. The van der Waals surface area contributed by atoms with Crippen molar-refractivity contribution < 1.29 is 17.9 Å². The third kappa shape index (κ3) is 6.27. The zero-order valence-electron chi connectivity index (χ0n) is 12.2. The molecule has 0 saturated carbocycles. The van der Waals surface area contributed by atoms with Crippen molar-refractivity contribution in [1.29, 1.82) is 0 Å². The number of nitrogens with zero attached hydrogens (tertiary/aromatic N) is 1. The summed E-state index contributed by atoms with van der Waals surface area (Å²) in [4.78, 5) is 16.3. The van der Waals surface area contributed by atoms with Gasteiger partial charge < -0.3 is 21.1 Å². The Morgan fingerprint density at radius 3 is 2.76 bits per heavy atom. The predicted molar refractivity (Wildman–Crippen MR) is 83.5 cm³/mol. The van der Waals surface area contributed by atoms with Gasteiger partial charge in [0.15, 0.2) is 5.13 Å². The van der Waals surface area contributed by atoms with Crippen molar-refractivity contribution in [2.45, 2.75) is 13.0 Å². The maximum absolute atomic E-state index is 12.0. The minimum Gasteiger partial charge on any atom is -0.383 e. The number of amides is 1. The molecule has 1 atom stereocenters. The van der Waals surface area contributed by atoms with E-state index in [1.165, 1.54) is 0 Å². The molecular formula is C11H20N4O4S2. The van der Waals surface area contributed by atoms with Gasteiger partial charge in [-0.25, -0.2) is 13.4 Å². The smallest absolute Gasteiger partial charge is 0.265 e. The van der Waals surface area contributed by atoms with Crippen LogP contribution in [0.25, 0.3) is 0 Å². The van der Waals surface area contributed by atoms with E-state index >= 15 is 0 Å². The molecule has 1 amide bonds. The third-order valence-electron chi connectivity index (χ3n) is 2.37. The van der Waals surface area contributed by atoms with Gasteiger partial charge >= 0.3 is 0 Å². The monoisotopic (exact) mass is 336 g/mol. The molecular weight excluding hydrogens is 316 g/mol. The van der Waals surface area contributed by atoms with Gasteiger partial charge in [-0.05, 0) is 6.92 Å². The molecule has 1 aromatic rings. The number of sulfone groups is 1. The molecule has 1 heterocycles. The largest absolute Gasteiger partial charge is 0.383 e. The molecule has 8 nitrogen and oxygen atoms in total. The van der Waals surface area contributed by atoms with Crippen molar-refractivity contribution in [2.24, 2.45) is 0 Å². The highest BCUT2D eigenvalue weighted by atomic mass is 32.2. The molecule has 0 bridgehead atoms. The summed E-state index contributed by atoms with van der Waals surface area (Å²) < 4.78 is 27.2. The molecule has 0 radical (unpaired) electrons. The SMILES string of the molecule is COCCNc1nc(N)c(C(=O)NC(C)CS(C)(=O)=O)s1. The lowest BCUT2D eigenvalue weighted by Crippen LogP contribution is -2.37. The lowest BCUT2D eigenvalue weighted by Gasteiger charge is -2.11. The highest BCUT2D eigenvalue weighted by molar-refractivity contribution is 7.90. The Morgan fingerprint density at radius 2 is 2.19 bits per heavy atom. The van der Waals surface area contributed by atoms with Gasteiger partial charge in [-0.3, -0.25) is 4.79 Å². The lowest BCUT2D eigenvalue weighted by atomic mass is 10.3. The summed E-state index contributed by atoms with van der Waals surface area (Å²) in [5.74, 6) is -0.443. The van der Waals surface area contributed by atoms with Gasteiger partial charge in [0.05, 0.1) is 12.4 Å². The van der Waals surface area contributed by atoms with Crippen LogP contribution in [0.3, 0.4) is 0 Å². The van der Waals surface area contributed by atoms with Crippen molar-refractivity contribution >= 4 is 38.0 Å². The molecule has 0 spiro atoms. The van der Waals surface area contributed by atoms with E-state index in [0.29, 0.717) is 18.3 Å². The van der Waals surface area contributed by atoms with Gasteiger partial charge in [0, 0.05) is 26.0 Å². The summed E-state index contributed by atoms with van der Waals surface area (Å²) in [7, 11) is -1.57. The van der Waals surface area contributed by atoms with E-state index in [2.05, 4.69) is 15.6 Å². The van der Waals surface area contributed by atoms with Crippen LogP contribution < -0.4 is 16.4 Å².